The van der Waals surface area contributed by atoms with Gasteiger partial charge < -0.3 is 5.32 Å². The van der Waals surface area contributed by atoms with Crippen LogP contribution in [0.2, 0.25) is 10.0 Å². The minimum Gasteiger partial charge on any atom is -0.350 e. The molecule has 4 heteroatoms. The van der Waals surface area contributed by atoms with Gasteiger partial charge in [-0.15, -0.1) is 0 Å². The molecule has 0 aromatic heterocycles. The molecular weight excluding hydrogens is 329 g/mol. The minimum atomic E-state index is -0.128. The SMILES string of the molecule is C[C@@H](CCc1ccccc1)NC(=O)/C=C\c1ccc(Cl)cc1Cl. The average molecular weight is 348 g/mol. The van der Waals surface area contributed by atoms with Crippen molar-refractivity contribution in [1.29, 1.82) is 0 Å². The van der Waals surface area contributed by atoms with Crippen LogP contribution in [0.4, 0.5) is 0 Å². The molecule has 0 aliphatic rings. The van der Waals surface area contributed by atoms with Crippen LogP contribution in [0.5, 0.6) is 0 Å². The van der Waals surface area contributed by atoms with Crippen molar-refractivity contribution < 1.29 is 4.79 Å². The zero-order chi connectivity index (χ0) is 16.7. The highest BCUT2D eigenvalue weighted by Gasteiger charge is 2.05. The van der Waals surface area contributed by atoms with Gasteiger partial charge in [0.1, 0.15) is 0 Å². The number of amides is 1. The lowest BCUT2D eigenvalue weighted by Crippen LogP contribution is -2.31. The van der Waals surface area contributed by atoms with E-state index in [1.807, 2.05) is 25.1 Å². The number of rotatable bonds is 6. The molecule has 0 spiro atoms. The number of hydrogen-bond acceptors (Lipinski definition) is 1. The Morgan fingerprint density at radius 2 is 1.91 bits per heavy atom. The quantitative estimate of drug-likeness (QED) is 0.719. The maximum atomic E-state index is 11.9. The number of carbonyl (C=O) groups excluding carboxylic acids is 1. The van der Waals surface area contributed by atoms with Crippen LogP contribution >= 0.6 is 23.2 Å². The predicted octanol–water partition coefficient (Wildman–Crippen LogP) is 5.14. The average Bonchev–Trinajstić information content (AvgIpc) is 2.53. The molecule has 0 heterocycles. The third kappa shape index (κ3) is 6.09. The fourth-order valence-electron chi connectivity index (χ4n) is 2.19. The largest absolute Gasteiger partial charge is 0.350 e. The highest BCUT2D eigenvalue weighted by molar-refractivity contribution is 6.35. The highest BCUT2D eigenvalue weighted by atomic mass is 35.5. The molecule has 0 saturated heterocycles. The first-order valence-corrected chi connectivity index (χ1v) is 8.28. The van der Waals surface area contributed by atoms with E-state index in [2.05, 4.69) is 17.4 Å². The lowest BCUT2D eigenvalue weighted by Gasteiger charge is -2.12. The van der Waals surface area contributed by atoms with Gasteiger partial charge in [-0.05, 0) is 49.1 Å². The van der Waals surface area contributed by atoms with E-state index < -0.39 is 0 Å². The molecule has 120 valence electrons. The number of aryl methyl sites for hydroxylation is 1. The zero-order valence-corrected chi connectivity index (χ0v) is 14.4. The van der Waals surface area contributed by atoms with Crippen molar-refractivity contribution in [2.75, 3.05) is 0 Å². The van der Waals surface area contributed by atoms with Crippen molar-refractivity contribution >= 4 is 35.2 Å². The van der Waals surface area contributed by atoms with E-state index in [-0.39, 0.29) is 11.9 Å². The van der Waals surface area contributed by atoms with Crippen LogP contribution in [-0.4, -0.2) is 11.9 Å². The Labute approximate surface area is 147 Å². The van der Waals surface area contributed by atoms with Crippen LogP contribution in [0.15, 0.2) is 54.6 Å². The predicted molar refractivity (Wildman–Crippen MR) is 97.9 cm³/mol. The van der Waals surface area contributed by atoms with Gasteiger partial charge in [-0.1, -0.05) is 59.6 Å². The summed E-state index contributed by atoms with van der Waals surface area (Å²) in [6, 6.07) is 15.5. The Bertz CT molecular complexity index is 683. The second-order valence-corrected chi connectivity index (χ2v) is 6.28. The van der Waals surface area contributed by atoms with E-state index in [0.717, 1.165) is 18.4 Å². The molecule has 0 saturated carbocycles. The van der Waals surface area contributed by atoms with E-state index in [9.17, 15) is 4.79 Å². The molecule has 2 aromatic rings. The van der Waals surface area contributed by atoms with Crippen molar-refractivity contribution in [2.45, 2.75) is 25.8 Å². The van der Waals surface area contributed by atoms with Crippen molar-refractivity contribution in [3.8, 4) is 0 Å². The van der Waals surface area contributed by atoms with Gasteiger partial charge in [0, 0.05) is 22.2 Å². The Morgan fingerprint density at radius 1 is 1.17 bits per heavy atom. The van der Waals surface area contributed by atoms with Gasteiger partial charge in [-0.2, -0.15) is 0 Å². The number of hydrogen-bond donors (Lipinski definition) is 1. The first-order chi connectivity index (χ1) is 11.0. The first-order valence-electron chi connectivity index (χ1n) is 7.52. The fourth-order valence-corrected chi connectivity index (χ4v) is 2.66. The van der Waals surface area contributed by atoms with Gasteiger partial charge in [0.05, 0.1) is 0 Å². The summed E-state index contributed by atoms with van der Waals surface area (Å²) < 4.78 is 0. The molecule has 0 bridgehead atoms. The van der Waals surface area contributed by atoms with Crippen molar-refractivity contribution in [3.63, 3.8) is 0 Å². The molecule has 0 unspecified atom stereocenters. The molecule has 1 amide bonds. The number of halogens is 2. The number of carbonyl (C=O) groups is 1. The van der Waals surface area contributed by atoms with Gasteiger partial charge >= 0.3 is 0 Å². The summed E-state index contributed by atoms with van der Waals surface area (Å²) in [5.41, 5.74) is 2.04. The smallest absolute Gasteiger partial charge is 0.244 e. The summed E-state index contributed by atoms with van der Waals surface area (Å²) in [5.74, 6) is -0.128. The summed E-state index contributed by atoms with van der Waals surface area (Å²) in [7, 11) is 0. The standard InChI is InChI=1S/C19H19Cl2NO/c1-14(7-8-15-5-3-2-4-6-15)22-19(23)12-10-16-9-11-17(20)13-18(16)21/h2-6,9-14H,7-8H2,1H3,(H,22,23)/b12-10-/t14-/m0/s1. The summed E-state index contributed by atoms with van der Waals surface area (Å²) in [4.78, 5) is 11.9. The molecule has 1 atom stereocenters. The van der Waals surface area contributed by atoms with Gasteiger partial charge in [0.25, 0.3) is 0 Å². The normalized spacial score (nSPS) is 12.3. The maximum Gasteiger partial charge on any atom is 0.244 e. The van der Waals surface area contributed by atoms with E-state index >= 15 is 0 Å². The van der Waals surface area contributed by atoms with E-state index in [4.69, 9.17) is 23.2 Å². The second-order valence-electron chi connectivity index (χ2n) is 5.43. The Hall–Kier alpha value is -1.77. The van der Waals surface area contributed by atoms with E-state index in [0.29, 0.717) is 10.0 Å². The zero-order valence-electron chi connectivity index (χ0n) is 12.9. The summed E-state index contributed by atoms with van der Waals surface area (Å²) >= 11 is 11.9. The van der Waals surface area contributed by atoms with Crippen molar-refractivity contribution in [3.05, 3.63) is 75.8 Å². The third-order valence-corrected chi connectivity index (χ3v) is 4.04. The van der Waals surface area contributed by atoms with Gasteiger partial charge in [-0.25, -0.2) is 0 Å². The molecule has 0 aliphatic carbocycles. The third-order valence-electron chi connectivity index (χ3n) is 3.47. The van der Waals surface area contributed by atoms with Crippen LogP contribution in [0, 0.1) is 0 Å². The van der Waals surface area contributed by atoms with E-state index in [1.54, 1.807) is 24.3 Å². The summed E-state index contributed by atoms with van der Waals surface area (Å²) in [5, 5.41) is 4.06. The Morgan fingerprint density at radius 3 is 2.61 bits per heavy atom. The summed E-state index contributed by atoms with van der Waals surface area (Å²) in [6.07, 6.45) is 5.02. The van der Waals surface area contributed by atoms with Crippen LogP contribution in [0.1, 0.15) is 24.5 Å². The molecule has 1 N–H and O–H groups in total. The van der Waals surface area contributed by atoms with Gasteiger partial charge in [0.2, 0.25) is 5.91 Å². The number of nitrogens with one attached hydrogen (secondary N) is 1. The molecular formula is C19H19Cl2NO. The molecule has 2 aromatic carbocycles. The molecule has 2 rings (SSSR count). The van der Waals surface area contributed by atoms with E-state index in [1.165, 1.54) is 11.6 Å². The van der Waals surface area contributed by atoms with Crippen LogP contribution in [0.25, 0.3) is 6.08 Å². The Kier molecular flexibility index (Phi) is 6.69. The number of benzene rings is 2. The molecule has 0 fully saturated rings. The van der Waals surface area contributed by atoms with Crippen LogP contribution < -0.4 is 5.32 Å². The van der Waals surface area contributed by atoms with Crippen LogP contribution in [-0.2, 0) is 11.2 Å². The minimum absolute atomic E-state index is 0.105. The lowest BCUT2D eigenvalue weighted by atomic mass is 10.1. The van der Waals surface area contributed by atoms with Crippen molar-refractivity contribution in [1.82, 2.24) is 5.32 Å². The molecule has 2 nitrogen and oxygen atoms in total. The monoisotopic (exact) mass is 347 g/mol. The van der Waals surface area contributed by atoms with Crippen LogP contribution in [0.3, 0.4) is 0 Å². The fraction of sp³-hybridized carbons (Fsp3) is 0.211. The first kappa shape index (κ1) is 17.6. The molecule has 23 heavy (non-hydrogen) atoms. The Balaban J connectivity index is 1.82. The highest BCUT2D eigenvalue weighted by Crippen LogP contribution is 2.21. The topological polar surface area (TPSA) is 29.1 Å². The molecule has 0 radical (unpaired) electrons. The summed E-state index contributed by atoms with van der Waals surface area (Å²) in [6.45, 7) is 2.00. The second kappa shape index (κ2) is 8.76. The van der Waals surface area contributed by atoms with Gasteiger partial charge in [-0.3, -0.25) is 4.79 Å². The van der Waals surface area contributed by atoms with Gasteiger partial charge in [0.15, 0.2) is 0 Å². The molecule has 0 aliphatic heterocycles. The lowest BCUT2D eigenvalue weighted by molar-refractivity contribution is -0.117. The van der Waals surface area contributed by atoms with Crippen molar-refractivity contribution in [2.24, 2.45) is 0 Å². The maximum absolute atomic E-state index is 11.9.